The number of morpholine rings is 1. The first-order valence-corrected chi connectivity index (χ1v) is 8.40. The summed E-state index contributed by atoms with van der Waals surface area (Å²) >= 11 is 1.60. The summed E-state index contributed by atoms with van der Waals surface area (Å²) in [7, 11) is 0. The molecular weight excluding hydrogens is 302 g/mol. The molecule has 1 saturated heterocycles. The van der Waals surface area contributed by atoms with Gasteiger partial charge in [-0.3, -0.25) is 4.90 Å². The van der Waals surface area contributed by atoms with Gasteiger partial charge in [-0.1, -0.05) is 0 Å². The van der Waals surface area contributed by atoms with Gasteiger partial charge in [-0.25, -0.2) is 0 Å². The molecule has 1 N–H and O–H groups in total. The molecule has 0 amide bonds. The first-order chi connectivity index (χ1) is 10.6. The Morgan fingerprint density at radius 3 is 2.82 bits per heavy atom. The lowest BCUT2D eigenvalue weighted by Gasteiger charge is -2.36. The van der Waals surface area contributed by atoms with Gasteiger partial charge >= 0.3 is 0 Å². The minimum absolute atomic E-state index is 0.200. The number of aromatic nitrogens is 4. The smallest absolute Gasteiger partial charge is 0.205 e. The van der Waals surface area contributed by atoms with E-state index in [1.54, 1.807) is 11.3 Å². The van der Waals surface area contributed by atoms with E-state index in [9.17, 15) is 5.11 Å². The molecule has 3 rings (SSSR count). The summed E-state index contributed by atoms with van der Waals surface area (Å²) in [6.07, 6.45) is -0.127. The van der Waals surface area contributed by atoms with Crippen molar-refractivity contribution in [1.29, 1.82) is 0 Å². The highest BCUT2D eigenvalue weighted by molar-refractivity contribution is 7.08. The number of tetrazole rings is 1. The van der Waals surface area contributed by atoms with Crippen molar-refractivity contribution in [3.05, 3.63) is 16.8 Å². The molecule has 0 radical (unpaired) electrons. The van der Waals surface area contributed by atoms with E-state index in [1.165, 1.54) is 4.80 Å². The molecule has 3 atom stereocenters. The van der Waals surface area contributed by atoms with Crippen LogP contribution in [-0.2, 0) is 11.3 Å². The van der Waals surface area contributed by atoms with Crippen LogP contribution in [0.4, 0.5) is 0 Å². The Morgan fingerprint density at radius 2 is 2.14 bits per heavy atom. The van der Waals surface area contributed by atoms with Gasteiger partial charge in [-0.15, -0.1) is 10.2 Å². The Labute approximate surface area is 133 Å². The summed E-state index contributed by atoms with van der Waals surface area (Å²) in [5.74, 6) is 0.599. The van der Waals surface area contributed by atoms with Crippen LogP contribution < -0.4 is 0 Å². The van der Waals surface area contributed by atoms with Crippen molar-refractivity contribution in [1.82, 2.24) is 25.1 Å². The van der Waals surface area contributed by atoms with E-state index >= 15 is 0 Å². The molecule has 0 saturated carbocycles. The van der Waals surface area contributed by atoms with Crippen LogP contribution in [0.25, 0.3) is 11.4 Å². The van der Waals surface area contributed by atoms with Crippen molar-refractivity contribution < 1.29 is 9.84 Å². The Kier molecular flexibility index (Phi) is 4.82. The number of aliphatic hydroxyl groups is 1. The fraction of sp³-hybridized carbons (Fsp3) is 0.643. The summed E-state index contributed by atoms with van der Waals surface area (Å²) in [4.78, 5) is 3.69. The van der Waals surface area contributed by atoms with Crippen molar-refractivity contribution in [2.45, 2.75) is 38.7 Å². The average molecular weight is 323 g/mol. The molecule has 0 bridgehead atoms. The van der Waals surface area contributed by atoms with E-state index in [0.717, 1.165) is 18.7 Å². The number of nitrogens with zero attached hydrogens (tertiary/aromatic N) is 5. The molecule has 2 aromatic heterocycles. The SMILES string of the molecule is C[C@@H]1CN(C[C@@H](O)Cn2nnc(-c3ccsc3)n2)C[C@@H](C)O1. The first kappa shape index (κ1) is 15.5. The lowest BCUT2D eigenvalue weighted by Crippen LogP contribution is -2.48. The molecule has 0 unspecified atom stereocenters. The van der Waals surface area contributed by atoms with Gasteiger partial charge in [0.25, 0.3) is 0 Å². The summed E-state index contributed by atoms with van der Waals surface area (Å²) < 4.78 is 5.70. The molecule has 120 valence electrons. The van der Waals surface area contributed by atoms with Crippen LogP contribution in [0.3, 0.4) is 0 Å². The summed E-state index contributed by atoms with van der Waals surface area (Å²) in [5, 5.41) is 26.6. The summed E-state index contributed by atoms with van der Waals surface area (Å²) in [6, 6.07) is 1.96. The summed E-state index contributed by atoms with van der Waals surface area (Å²) in [5.41, 5.74) is 0.960. The van der Waals surface area contributed by atoms with Gasteiger partial charge in [0.2, 0.25) is 5.82 Å². The minimum Gasteiger partial charge on any atom is -0.390 e. The minimum atomic E-state index is -0.526. The maximum atomic E-state index is 10.3. The average Bonchev–Trinajstić information content (AvgIpc) is 3.07. The number of aliphatic hydroxyl groups excluding tert-OH is 1. The van der Waals surface area contributed by atoms with Gasteiger partial charge in [-0.05, 0) is 30.5 Å². The van der Waals surface area contributed by atoms with Gasteiger partial charge in [0.15, 0.2) is 0 Å². The number of β-amino-alcohol motifs (C(OH)–C–C–N with tert-alkyl or cyclic N) is 1. The van der Waals surface area contributed by atoms with Crippen molar-refractivity contribution in [2.75, 3.05) is 19.6 Å². The third kappa shape index (κ3) is 3.89. The van der Waals surface area contributed by atoms with Crippen LogP contribution in [0.1, 0.15) is 13.8 Å². The van der Waals surface area contributed by atoms with E-state index in [0.29, 0.717) is 18.9 Å². The largest absolute Gasteiger partial charge is 0.390 e. The van der Waals surface area contributed by atoms with Crippen molar-refractivity contribution in [3.63, 3.8) is 0 Å². The zero-order valence-corrected chi connectivity index (χ0v) is 13.6. The first-order valence-electron chi connectivity index (χ1n) is 7.46. The van der Waals surface area contributed by atoms with E-state index in [-0.39, 0.29) is 12.2 Å². The predicted octanol–water partition coefficient (Wildman–Crippen LogP) is 0.872. The van der Waals surface area contributed by atoms with Crippen molar-refractivity contribution >= 4 is 11.3 Å². The third-order valence-electron chi connectivity index (χ3n) is 3.57. The van der Waals surface area contributed by atoms with Crippen LogP contribution in [0.5, 0.6) is 0 Å². The standard InChI is InChI=1S/C14H21N5O2S/c1-10-5-18(6-11(2)21-10)7-13(20)8-19-16-14(15-17-19)12-3-4-22-9-12/h3-4,9-11,13,20H,5-8H2,1-2H3/t10-,11-,13-/m1/s1. The number of rotatable bonds is 5. The zero-order chi connectivity index (χ0) is 15.5. The number of ether oxygens (including phenoxy) is 1. The fourth-order valence-corrected chi connectivity index (χ4v) is 3.44. The van der Waals surface area contributed by atoms with Crippen LogP contribution in [-0.4, -0.2) is 68.2 Å². The molecule has 0 aromatic carbocycles. The maximum absolute atomic E-state index is 10.3. The normalized spacial score (nSPS) is 24.5. The predicted molar refractivity (Wildman–Crippen MR) is 83.6 cm³/mol. The zero-order valence-electron chi connectivity index (χ0n) is 12.8. The molecule has 22 heavy (non-hydrogen) atoms. The molecule has 1 aliphatic heterocycles. The van der Waals surface area contributed by atoms with Crippen LogP contribution in [0.15, 0.2) is 16.8 Å². The molecule has 0 spiro atoms. The van der Waals surface area contributed by atoms with E-state index in [4.69, 9.17) is 4.74 Å². The number of thiophene rings is 1. The van der Waals surface area contributed by atoms with Gasteiger partial charge in [0, 0.05) is 30.6 Å². The second-order valence-electron chi connectivity index (χ2n) is 5.81. The van der Waals surface area contributed by atoms with E-state index < -0.39 is 6.10 Å². The van der Waals surface area contributed by atoms with Gasteiger partial charge in [-0.2, -0.15) is 16.1 Å². The molecule has 0 aliphatic carbocycles. The molecule has 2 aromatic rings. The number of hydrogen-bond acceptors (Lipinski definition) is 7. The highest BCUT2D eigenvalue weighted by atomic mass is 32.1. The van der Waals surface area contributed by atoms with E-state index in [2.05, 4.69) is 34.2 Å². The lowest BCUT2D eigenvalue weighted by molar-refractivity contribution is -0.0776. The quantitative estimate of drug-likeness (QED) is 0.880. The Balaban J connectivity index is 1.54. The lowest BCUT2D eigenvalue weighted by atomic mass is 10.2. The molecule has 7 nitrogen and oxygen atoms in total. The highest BCUT2D eigenvalue weighted by Gasteiger charge is 2.24. The van der Waals surface area contributed by atoms with E-state index in [1.807, 2.05) is 16.8 Å². The molecule has 8 heteroatoms. The number of hydrogen-bond donors (Lipinski definition) is 1. The second kappa shape index (κ2) is 6.82. The summed E-state index contributed by atoms with van der Waals surface area (Å²) in [6.45, 7) is 6.73. The Bertz CT molecular complexity index is 578. The Morgan fingerprint density at radius 1 is 1.36 bits per heavy atom. The Hall–Kier alpha value is -1.35. The highest BCUT2D eigenvalue weighted by Crippen LogP contribution is 2.16. The maximum Gasteiger partial charge on any atom is 0.205 e. The molecular formula is C14H21N5O2S. The van der Waals surface area contributed by atoms with Crippen molar-refractivity contribution in [3.8, 4) is 11.4 Å². The van der Waals surface area contributed by atoms with Gasteiger partial charge < -0.3 is 9.84 Å². The van der Waals surface area contributed by atoms with Crippen LogP contribution >= 0.6 is 11.3 Å². The van der Waals surface area contributed by atoms with Crippen LogP contribution in [0.2, 0.25) is 0 Å². The van der Waals surface area contributed by atoms with Gasteiger partial charge in [0.05, 0.1) is 24.9 Å². The van der Waals surface area contributed by atoms with Gasteiger partial charge in [0.1, 0.15) is 0 Å². The third-order valence-corrected chi connectivity index (χ3v) is 4.25. The molecule has 3 heterocycles. The molecule has 1 fully saturated rings. The van der Waals surface area contributed by atoms with Crippen molar-refractivity contribution in [2.24, 2.45) is 0 Å². The fourth-order valence-electron chi connectivity index (χ4n) is 2.81. The topological polar surface area (TPSA) is 76.3 Å². The monoisotopic (exact) mass is 323 g/mol. The second-order valence-corrected chi connectivity index (χ2v) is 6.59. The molecule has 1 aliphatic rings. The van der Waals surface area contributed by atoms with Crippen LogP contribution in [0, 0.1) is 0 Å².